The number of para-hydroxylation sites is 2. The Morgan fingerprint density at radius 3 is 2.44 bits per heavy atom. The van der Waals surface area contributed by atoms with Gasteiger partial charge in [0.05, 0.1) is 25.4 Å². The number of anilines is 1. The predicted octanol–water partition coefficient (Wildman–Crippen LogP) is 3.35. The van der Waals surface area contributed by atoms with Gasteiger partial charge in [0.25, 0.3) is 0 Å². The number of hydrogen-bond donors (Lipinski definition) is 1. The van der Waals surface area contributed by atoms with E-state index in [0.29, 0.717) is 11.6 Å². The van der Waals surface area contributed by atoms with Crippen molar-refractivity contribution in [2.45, 2.75) is 13.0 Å². The third-order valence-electron chi connectivity index (χ3n) is 4.91. The van der Waals surface area contributed by atoms with Crippen molar-refractivity contribution in [3.8, 4) is 5.75 Å². The number of halogens is 1. The minimum absolute atomic E-state index is 0.0374. The molecule has 0 unspecified atom stereocenters. The van der Waals surface area contributed by atoms with Crippen molar-refractivity contribution < 1.29 is 9.53 Å². The van der Waals surface area contributed by atoms with Crippen LogP contribution >= 0.6 is 11.6 Å². The Morgan fingerprint density at radius 2 is 1.78 bits per heavy atom. The van der Waals surface area contributed by atoms with Crippen LogP contribution in [0.4, 0.5) is 5.69 Å². The molecule has 1 N–H and O–H groups in total. The first kappa shape index (κ1) is 19.5. The summed E-state index contributed by atoms with van der Waals surface area (Å²) >= 11 is 5.92. The Kier molecular flexibility index (Phi) is 6.58. The van der Waals surface area contributed by atoms with Crippen LogP contribution in [0.5, 0.6) is 5.75 Å². The molecule has 2 aromatic carbocycles. The molecule has 0 bridgehead atoms. The smallest absolute Gasteiger partial charge is 0.234 e. The number of hydrogen-bond acceptors (Lipinski definition) is 4. The third kappa shape index (κ3) is 5.15. The predicted molar refractivity (Wildman–Crippen MR) is 110 cm³/mol. The second-order valence-electron chi connectivity index (χ2n) is 6.78. The van der Waals surface area contributed by atoms with Crippen molar-refractivity contribution in [2.24, 2.45) is 0 Å². The van der Waals surface area contributed by atoms with E-state index in [2.05, 4.69) is 21.2 Å². The van der Waals surface area contributed by atoms with E-state index in [0.717, 1.165) is 43.2 Å². The second kappa shape index (κ2) is 9.11. The van der Waals surface area contributed by atoms with Crippen molar-refractivity contribution >= 4 is 23.2 Å². The molecule has 1 amide bonds. The topological polar surface area (TPSA) is 44.8 Å². The van der Waals surface area contributed by atoms with Crippen molar-refractivity contribution in [3.05, 3.63) is 59.1 Å². The lowest BCUT2D eigenvalue weighted by molar-refractivity contribution is -0.123. The molecule has 2 aromatic rings. The van der Waals surface area contributed by atoms with Gasteiger partial charge in [0.2, 0.25) is 5.91 Å². The van der Waals surface area contributed by atoms with Crippen LogP contribution in [0.15, 0.2) is 48.5 Å². The molecule has 6 heteroatoms. The minimum Gasteiger partial charge on any atom is -0.495 e. The van der Waals surface area contributed by atoms with Gasteiger partial charge in [0.15, 0.2) is 0 Å². The zero-order valence-electron chi connectivity index (χ0n) is 15.8. The number of rotatable bonds is 6. The van der Waals surface area contributed by atoms with Gasteiger partial charge in [0, 0.05) is 31.2 Å². The molecular weight excluding hydrogens is 362 g/mol. The summed E-state index contributed by atoms with van der Waals surface area (Å²) in [5.41, 5.74) is 2.16. The highest BCUT2D eigenvalue weighted by atomic mass is 35.5. The van der Waals surface area contributed by atoms with E-state index in [1.54, 1.807) is 7.11 Å². The quantitative estimate of drug-likeness (QED) is 0.825. The Morgan fingerprint density at radius 1 is 1.11 bits per heavy atom. The minimum atomic E-state index is -0.0374. The summed E-state index contributed by atoms with van der Waals surface area (Å²) in [6, 6.07) is 15.6. The first-order valence-corrected chi connectivity index (χ1v) is 9.60. The lowest BCUT2D eigenvalue weighted by Gasteiger charge is -2.36. The number of benzene rings is 2. The summed E-state index contributed by atoms with van der Waals surface area (Å²) in [5.74, 6) is 0.934. The van der Waals surface area contributed by atoms with Gasteiger partial charge in [-0.3, -0.25) is 9.69 Å². The van der Waals surface area contributed by atoms with Crippen molar-refractivity contribution in [2.75, 3.05) is 44.7 Å². The number of carbonyl (C=O) groups is 1. The monoisotopic (exact) mass is 387 g/mol. The summed E-state index contributed by atoms with van der Waals surface area (Å²) in [6.45, 7) is 5.85. The Hall–Kier alpha value is -2.24. The number of nitrogens with one attached hydrogen (secondary N) is 1. The fourth-order valence-electron chi connectivity index (χ4n) is 3.36. The van der Waals surface area contributed by atoms with Gasteiger partial charge in [0.1, 0.15) is 5.75 Å². The molecule has 0 aromatic heterocycles. The average molecular weight is 388 g/mol. The number of nitrogens with zero attached hydrogens (tertiary/aromatic N) is 2. The molecule has 0 aliphatic carbocycles. The average Bonchev–Trinajstić information content (AvgIpc) is 2.69. The molecule has 0 saturated carbocycles. The highest BCUT2D eigenvalue weighted by molar-refractivity contribution is 6.30. The molecule has 1 atom stereocenters. The molecule has 27 heavy (non-hydrogen) atoms. The van der Waals surface area contributed by atoms with Crippen LogP contribution in [0, 0.1) is 0 Å². The standard InChI is InChI=1S/C21H26ClN3O2/c1-16(17-7-9-18(22)10-8-17)23-21(26)15-24-11-13-25(14-12-24)19-5-3-4-6-20(19)27-2/h3-10,16H,11-15H2,1-2H3,(H,23,26)/t16-/m1/s1. The largest absolute Gasteiger partial charge is 0.495 e. The maximum absolute atomic E-state index is 12.4. The third-order valence-corrected chi connectivity index (χ3v) is 5.16. The van der Waals surface area contributed by atoms with Crippen LogP contribution in [0.25, 0.3) is 0 Å². The van der Waals surface area contributed by atoms with E-state index in [4.69, 9.17) is 16.3 Å². The SMILES string of the molecule is COc1ccccc1N1CCN(CC(=O)N[C@H](C)c2ccc(Cl)cc2)CC1. The van der Waals surface area contributed by atoms with Crippen LogP contribution in [-0.4, -0.2) is 50.6 Å². The number of amides is 1. The van der Waals surface area contributed by atoms with Gasteiger partial charge < -0.3 is 15.0 Å². The highest BCUT2D eigenvalue weighted by Crippen LogP contribution is 2.28. The van der Waals surface area contributed by atoms with E-state index in [1.165, 1.54) is 0 Å². The molecule has 1 heterocycles. The van der Waals surface area contributed by atoms with Crippen LogP contribution in [0.3, 0.4) is 0 Å². The maximum Gasteiger partial charge on any atom is 0.234 e. The fourth-order valence-corrected chi connectivity index (χ4v) is 3.49. The number of piperazine rings is 1. The van der Waals surface area contributed by atoms with Crippen LogP contribution in [0.1, 0.15) is 18.5 Å². The second-order valence-corrected chi connectivity index (χ2v) is 7.21. The molecule has 144 valence electrons. The van der Waals surface area contributed by atoms with Crippen LogP contribution in [-0.2, 0) is 4.79 Å². The number of carbonyl (C=O) groups excluding carboxylic acids is 1. The molecular formula is C21H26ClN3O2. The summed E-state index contributed by atoms with van der Waals surface area (Å²) < 4.78 is 5.46. The Bertz CT molecular complexity index is 758. The lowest BCUT2D eigenvalue weighted by Crippen LogP contribution is -2.49. The van der Waals surface area contributed by atoms with Crippen LogP contribution in [0.2, 0.25) is 5.02 Å². The first-order chi connectivity index (χ1) is 13.1. The summed E-state index contributed by atoms with van der Waals surface area (Å²) in [7, 11) is 1.70. The van der Waals surface area contributed by atoms with Crippen molar-refractivity contribution in [1.29, 1.82) is 0 Å². The summed E-state index contributed by atoms with van der Waals surface area (Å²) in [4.78, 5) is 16.9. The molecule has 0 radical (unpaired) electrons. The zero-order chi connectivity index (χ0) is 19.2. The Labute approximate surface area is 165 Å². The molecule has 1 aliphatic rings. The summed E-state index contributed by atoms with van der Waals surface area (Å²) in [6.07, 6.45) is 0. The van der Waals surface area contributed by atoms with Gasteiger partial charge in [-0.2, -0.15) is 0 Å². The molecule has 1 fully saturated rings. The van der Waals surface area contributed by atoms with E-state index >= 15 is 0 Å². The van der Waals surface area contributed by atoms with E-state index < -0.39 is 0 Å². The van der Waals surface area contributed by atoms with Gasteiger partial charge in [-0.05, 0) is 36.8 Å². The van der Waals surface area contributed by atoms with Gasteiger partial charge in [-0.15, -0.1) is 0 Å². The van der Waals surface area contributed by atoms with Crippen molar-refractivity contribution in [1.82, 2.24) is 10.2 Å². The van der Waals surface area contributed by atoms with Crippen LogP contribution < -0.4 is 15.0 Å². The normalized spacial score (nSPS) is 16.0. The van der Waals surface area contributed by atoms with E-state index in [9.17, 15) is 4.79 Å². The molecule has 1 saturated heterocycles. The Balaban J connectivity index is 1.48. The summed E-state index contributed by atoms with van der Waals surface area (Å²) in [5, 5.41) is 3.77. The van der Waals surface area contributed by atoms with Gasteiger partial charge in [-0.25, -0.2) is 0 Å². The molecule has 0 spiro atoms. The lowest BCUT2D eigenvalue weighted by atomic mass is 10.1. The zero-order valence-corrected chi connectivity index (χ0v) is 16.6. The van der Waals surface area contributed by atoms with E-state index in [1.807, 2.05) is 49.4 Å². The molecule has 1 aliphatic heterocycles. The van der Waals surface area contributed by atoms with Gasteiger partial charge >= 0.3 is 0 Å². The van der Waals surface area contributed by atoms with E-state index in [-0.39, 0.29) is 11.9 Å². The molecule has 3 rings (SSSR count). The number of ether oxygens (including phenoxy) is 1. The number of methoxy groups -OCH3 is 1. The maximum atomic E-state index is 12.4. The van der Waals surface area contributed by atoms with Gasteiger partial charge in [-0.1, -0.05) is 35.9 Å². The van der Waals surface area contributed by atoms with Crippen molar-refractivity contribution in [3.63, 3.8) is 0 Å². The first-order valence-electron chi connectivity index (χ1n) is 9.22. The molecule has 5 nitrogen and oxygen atoms in total. The highest BCUT2D eigenvalue weighted by Gasteiger charge is 2.21. The fraction of sp³-hybridized carbons (Fsp3) is 0.381.